The molecule has 1 saturated carbocycles. The predicted molar refractivity (Wildman–Crippen MR) is 168 cm³/mol. The Hall–Kier alpha value is -1.61. The molecule has 2 aromatic carbocycles. The van der Waals surface area contributed by atoms with Crippen LogP contribution in [0.2, 0.25) is 36.3 Å². The number of hydrogen-bond donors (Lipinski definition) is 2. The van der Waals surface area contributed by atoms with Crippen LogP contribution in [0.15, 0.2) is 48.5 Å². The van der Waals surface area contributed by atoms with Gasteiger partial charge in [0.1, 0.15) is 11.5 Å². The molecule has 6 heteroatoms. The molecule has 0 aliphatic heterocycles. The normalized spacial score (nSPS) is 23.3. The molecule has 2 unspecified atom stereocenters. The van der Waals surface area contributed by atoms with E-state index in [1.165, 1.54) is 11.1 Å². The number of benzene rings is 2. The van der Waals surface area contributed by atoms with E-state index in [2.05, 4.69) is 116 Å². The molecule has 0 spiro atoms. The van der Waals surface area contributed by atoms with Crippen LogP contribution in [0.1, 0.15) is 78.4 Å². The summed E-state index contributed by atoms with van der Waals surface area (Å²) >= 11 is 0. The fourth-order valence-electron chi connectivity index (χ4n) is 4.88. The number of hydrogen-bond acceptors (Lipinski definition) is 4. The van der Waals surface area contributed by atoms with E-state index < -0.39 is 27.7 Å². The maximum absolute atomic E-state index is 7.21. The molecule has 212 valence electrons. The average Bonchev–Trinajstić information content (AvgIpc) is 2.77. The van der Waals surface area contributed by atoms with E-state index >= 15 is 0 Å². The molecule has 4 N–H and O–H groups in total. The van der Waals surface area contributed by atoms with Crippen LogP contribution in [0, 0.1) is 0 Å². The molecule has 1 aliphatic carbocycles. The lowest BCUT2D eigenvalue weighted by Crippen LogP contribution is -2.69. The van der Waals surface area contributed by atoms with Gasteiger partial charge in [0.25, 0.3) is 0 Å². The van der Waals surface area contributed by atoms with Crippen molar-refractivity contribution in [1.29, 1.82) is 0 Å². The molecule has 2 atom stereocenters. The summed E-state index contributed by atoms with van der Waals surface area (Å²) in [5.74, 6) is 1.91. The zero-order valence-corrected chi connectivity index (χ0v) is 27.8. The molecule has 38 heavy (non-hydrogen) atoms. The van der Waals surface area contributed by atoms with Gasteiger partial charge in [-0.3, -0.25) is 0 Å². The van der Waals surface area contributed by atoms with Gasteiger partial charge in [0.15, 0.2) is 0 Å². The van der Waals surface area contributed by atoms with Crippen LogP contribution < -0.4 is 20.3 Å². The summed E-state index contributed by atoms with van der Waals surface area (Å²) in [7, 11) is -3.73. The van der Waals surface area contributed by atoms with Crippen molar-refractivity contribution >= 4 is 16.6 Å². The fraction of sp³-hybridized carbons (Fsp3) is 0.625. The Kier molecular flexibility index (Phi) is 8.75. The summed E-state index contributed by atoms with van der Waals surface area (Å²) in [6.45, 7) is 22.7. The highest BCUT2D eigenvalue weighted by atomic mass is 28.4. The first-order chi connectivity index (χ1) is 17.3. The van der Waals surface area contributed by atoms with Crippen molar-refractivity contribution in [3.8, 4) is 11.5 Å². The Bertz CT molecular complexity index is 981. The first-order valence-corrected chi connectivity index (χ1v) is 20.2. The molecule has 0 heterocycles. The molecule has 0 aromatic heterocycles. The maximum Gasteiger partial charge on any atom is 0.250 e. The van der Waals surface area contributed by atoms with Gasteiger partial charge in [-0.2, -0.15) is 0 Å². The third kappa shape index (κ3) is 6.93. The third-order valence-electron chi connectivity index (χ3n) is 9.73. The van der Waals surface area contributed by atoms with Crippen LogP contribution in [0.4, 0.5) is 0 Å². The molecular formula is C32H54N2O2Si2. The van der Waals surface area contributed by atoms with Crippen LogP contribution in [0.25, 0.3) is 0 Å². The van der Waals surface area contributed by atoms with Gasteiger partial charge >= 0.3 is 0 Å². The van der Waals surface area contributed by atoms with Crippen molar-refractivity contribution in [2.75, 3.05) is 0 Å². The second-order valence-electron chi connectivity index (χ2n) is 14.9. The van der Waals surface area contributed by atoms with Gasteiger partial charge in [0.2, 0.25) is 16.6 Å². The quantitative estimate of drug-likeness (QED) is 0.323. The number of rotatable bonds is 8. The van der Waals surface area contributed by atoms with Crippen molar-refractivity contribution in [2.45, 2.75) is 127 Å². The average molecular weight is 555 g/mol. The van der Waals surface area contributed by atoms with Gasteiger partial charge in [-0.1, -0.05) is 78.6 Å². The van der Waals surface area contributed by atoms with Crippen LogP contribution in [0.3, 0.4) is 0 Å². The lowest BCUT2D eigenvalue weighted by molar-refractivity contribution is 0.145. The molecule has 1 fully saturated rings. The van der Waals surface area contributed by atoms with E-state index in [-0.39, 0.29) is 10.1 Å². The second-order valence-corrected chi connectivity index (χ2v) is 24.3. The molecule has 2 aromatic rings. The van der Waals surface area contributed by atoms with Crippen LogP contribution in [0.5, 0.6) is 11.5 Å². The van der Waals surface area contributed by atoms with Crippen molar-refractivity contribution in [3.63, 3.8) is 0 Å². The Balaban J connectivity index is 1.74. The summed E-state index contributed by atoms with van der Waals surface area (Å²) in [6.07, 6.45) is 5.69. The van der Waals surface area contributed by atoms with E-state index in [1.54, 1.807) is 0 Å². The Labute approximate surface area is 235 Å². The molecular weight excluding hydrogens is 501 g/mol. The van der Waals surface area contributed by atoms with Crippen molar-refractivity contribution in [3.05, 3.63) is 59.7 Å². The molecule has 4 nitrogen and oxygen atoms in total. The van der Waals surface area contributed by atoms with Crippen LogP contribution in [-0.2, 0) is 12.8 Å². The van der Waals surface area contributed by atoms with E-state index in [9.17, 15) is 0 Å². The molecule has 0 saturated heterocycles. The smallest absolute Gasteiger partial charge is 0.250 e. The van der Waals surface area contributed by atoms with E-state index in [4.69, 9.17) is 20.3 Å². The van der Waals surface area contributed by atoms with Gasteiger partial charge in [0.05, 0.1) is 0 Å². The van der Waals surface area contributed by atoms with Crippen LogP contribution >= 0.6 is 0 Å². The minimum atomic E-state index is -1.87. The van der Waals surface area contributed by atoms with E-state index in [0.717, 1.165) is 50.0 Å². The SMILES string of the molecule is CC(C)(C)[Si](C)(C)Oc1ccc(CC2(N)CCCCC2(N)Cc2ccc(O[Si](C)(C)C(C)(C)C)cc2)cc1. The first-order valence-electron chi connectivity index (χ1n) is 14.4. The zero-order chi connectivity index (χ0) is 28.6. The van der Waals surface area contributed by atoms with Crippen LogP contribution in [-0.4, -0.2) is 27.7 Å². The second kappa shape index (κ2) is 10.8. The highest BCUT2D eigenvalue weighted by Crippen LogP contribution is 2.41. The summed E-state index contributed by atoms with van der Waals surface area (Å²) in [4.78, 5) is 0. The summed E-state index contributed by atoms with van der Waals surface area (Å²) in [5.41, 5.74) is 16.0. The van der Waals surface area contributed by atoms with Crippen molar-refractivity contribution in [2.24, 2.45) is 11.5 Å². The van der Waals surface area contributed by atoms with Gasteiger partial charge < -0.3 is 20.3 Å². The highest BCUT2D eigenvalue weighted by molar-refractivity contribution is 6.75. The lowest BCUT2D eigenvalue weighted by atomic mass is 9.63. The molecule has 3 rings (SSSR count). The summed E-state index contributed by atoms with van der Waals surface area (Å²) in [6, 6.07) is 17.2. The van der Waals surface area contributed by atoms with Gasteiger partial charge in [0, 0.05) is 11.1 Å². The van der Waals surface area contributed by atoms with Gasteiger partial charge in [-0.25, -0.2) is 0 Å². The largest absolute Gasteiger partial charge is 0.544 e. The fourth-order valence-corrected chi connectivity index (χ4v) is 6.95. The minimum absolute atomic E-state index is 0.170. The number of nitrogens with two attached hydrogens (primary N) is 2. The lowest BCUT2D eigenvalue weighted by Gasteiger charge is -2.50. The topological polar surface area (TPSA) is 70.5 Å². The maximum atomic E-state index is 7.21. The molecule has 0 amide bonds. The zero-order valence-electron chi connectivity index (χ0n) is 25.8. The van der Waals surface area contributed by atoms with E-state index in [0.29, 0.717) is 0 Å². The first kappa shape index (κ1) is 30.9. The van der Waals surface area contributed by atoms with E-state index in [1.807, 2.05) is 0 Å². The Morgan fingerprint density at radius 3 is 1.16 bits per heavy atom. The monoisotopic (exact) mass is 554 g/mol. The third-order valence-corrected chi connectivity index (χ3v) is 18.4. The van der Waals surface area contributed by atoms with Crippen molar-refractivity contribution in [1.82, 2.24) is 0 Å². The standard InChI is InChI=1S/C32H54N2O2Si2/c1-29(2,3)37(7,8)35-27-17-13-25(14-18-27)23-31(33)21-11-12-22-32(31,34)24-26-15-19-28(20-16-26)36-38(9,10)30(4,5)6/h13-20H,11-12,21-24,33-34H2,1-10H3. The molecule has 0 bridgehead atoms. The van der Waals surface area contributed by atoms with Gasteiger partial charge in [-0.05, 0) is 97.3 Å². The Morgan fingerprint density at radius 1 is 0.605 bits per heavy atom. The van der Waals surface area contributed by atoms with Crippen molar-refractivity contribution < 1.29 is 8.85 Å². The minimum Gasteiger partial charge on any atom is -0.544 e. The summed E-state index contributed by atoms with van der Waals surface area (Å²) in [5, 5.41) is 0.340. The predicted octanol–water partition coefficient (Wildman–Crippen LogP) is 8.21. The van der Waals surface area contributed by atoms with Gasteiger partial charge in [-0.15, -0.1) is 0 Å². The summed E-state index contributed by atoms with van der Waals surface area (Å²) < 4.78 is 13.0. The molecule has 1 aliphatic rings. The Morgan fingerprint density at radius 2 is 0.895 bits per heavy atom. The highest BCUT2D eigenvalue weighted by Gasteiger charge is 2.47. The molecule has 0 radical (unpaired) electrons.